The molecule has 66 heavy (non-hydrogen) atoms. The fourth-order valence-corrected chi connectivity index (χ4v) is 9.10. The van der Waals surface area contributed by atoms with Crippen LogP contribution in [0.4, 0.5) is 0 Å². The van der Waals surface area contributed by atoms with Crippen molar-refractivity contribution in [3.63, 3.8) is 0 Å². The minimum atomic E-state index is -0.487. The van der Waals surface area contributed by atoms with Crippen LogP contribution in [0, 0.1) is 0 Å². The first-order chi connectivity index (χ1) is 32.0. The van der Waals surface area contributed by atoms with Crippen LogP contribution in [0.3, 0.4) is 0 Å². The molecule has 1 saturated heterocycles. The number of rotatable bonds is 47. The lowest BCUT2D eigenvalue weighted by molar-refractivity contribution is -0.150. The van der Waals surface area contributed by atoms with Crippen LogP contribution in [0.15, 0.2) is 0 Å². The van der Waals surface area contributed by atoms with Crippen LogP contribution in [-0.4, -0.2) is 85.9 Å². The fraction of sp³-hybridized carbons (Fsp3) is 0.929. The molecule has 1 rings (SSSR count). The van der Waals surface area contributed by atoms with Crippen LogP contribution in [0.2, 0.25) is 0 Å². The average Bonchev–Trinajstić information content (AvgIpc) is 3.71. The predicted molar refractivity (Wildman–Crippen MR) is 273 cm³/mol. The van der Waals surface area contributed by atoms with E-state index in [2.05, 4.69) is 33.0 Å². The summed E-state index contributed by atoms with van der Waals surface area (Å²) in [6.07, 6.45) is 41.5. The van der Waals surface area contributed by atoms with E-state index in [1.165, 1.54) is 154 Å². The van der Waals surface area contributed by atoms with Crippen molar-refractivity contribution in [3.05, 3.63) is 0 Å². The van der Waals surface area contributed by atoms with Gasteiger partial charge >= 0.3 is 11.9 Å². The van der Waals surface area contributed by atoms with Crippen LogP contribution < -0.4 is 5.32 Å². The Balaban J connectivity index is 2.44. The van der Waals surface area contributed by atoms with E-state index in [1.54, 1.807) is 12.0 Å². The molecule has 3 atom stereocenters. The summed E-state index contributed by atoms with van der Waals surface area (Å²) in [6, 6.07) is -0.323. The molecule has 1 aliphatic rings. The van der Waals surface area contributed by atoms with Gasteiger partial charge in [-0.2, -0.15) is 0 Å². The van der Waals surface area contributed by atoms with E-state index in [-0.39, 0.29) is 55.0 Å². The Morgan fingerprint density at radius 2 is 1.05 bits per heavy atom. The SMILES string of the molecule is CCCCCCCCCCCCCCCCCC(=O)OC[C@@H]1C[C@@H](OC(=O)CCC(=O)NCCCC(C)(C)OCCC(C)OC)CN1C(=O)CCCCCCCCCCCCCCCCC. The Labute approximate surface area is 406 Å². The van der Waals surface area contributed by atoms with E-state index in [0.717, 1.165) is 57.8 Å². The first-order valence-corrected chi connectivity index (χ1v) is 28.1. The number of esters is 2. The van der Waals surface area contributed by atoms with Crippen molar-refractivity contribution in [2.75, 3.05) is 33.4 Å². The van der Waals surface area contributed by atoms with E-state index in [0.29, 0.717) is 39.0 Å². The minimum Gasteiger partial charge on any atom is -0.463 e. The second kappa shape index (κ2) is 42.9. The smallest absolute Gasteiger partial charge is 0.306 e. The van der Waals surface area contributed by atoms with Crippen LogP contribution >= 0.6 is 0 Å². The molecule has 0 radical (unpaired) electrons. The Hall–Kier alpha value is -2.20. The molecule has 2 amide bonds. The van der Waals surface area contributed by atoms with Gasteiger partial charge in [-0.15, -0.1) is 0 Å². The zero-order valence-electron chi connectivity index (χ0n) is 44.1. The highest BCUT2D eigenvalue weighted by Gasteiger charge is 2.37. The molecule has 1 N–H and O–H groups in total. The summed E-state index contributed by atoms with van der Waals surface area (Å²) in [7, 11) is 1.70. The van der Waals surface area contributed by atoms with Crippen molar-refractivity contribution in [3.8, 4) is 0 Å². The van der Waals surface area contributed by atoms with Crippen LogP contribution in [-0.2, 0) is 38.1 Å². The zero-order valence-corrected chi connectivity index (χ0v) is 44.1. The number of likely N-dealkylation sites (tertiary alicyclic amines) is 1. The summed E-state index contributed by atoms with van der Waals surface area (Å²) in [4.78, 5) is 53.6. The lowest BCUT2D eigenvalue weighted by Gasteiger charge is -2.26. The first kappa shape index (κ1) is 61.8. The number of ether oxygens (including phenoxy) is 4. The number of hydrogen-bond donors (Lipinski definition) is 1. The molecule has 0 aromatic carbocycles. The Kier molecular flexibility index (Phi) is 40.2. The lowest BCUT2D eigenvalue weighted by atomic mass is 10.0. The van der Waals surface area contributed by atoms with Crippen molar-refractivity contribution >= 4 is 23.8 Å². The maximum Gasteiger partial charge on any atom is 0.306 e. The normalized spacial score (nSPS) is 15.6. The van der Waals surface area contributed by atoms with Crippen LogP contribution in [0.25, 0.3) is 0 Å². The molecule has 0 bridgehead atoms. The highest BCUT2D eigenvalue weighted by Crippen LogP contribution is 2.25. The molecule has 0 aliphatic carbocycles. The summed E-state index contributed by atoms with van der Waals surface area (Å²) in [5.74, 6) is -0.830. The molecule has 1 aliphatic heterocycles. The van der Waals surface area contributed by atoms with Gasteiger partial charge in [-0.3, -0.25) is 19.2 Å². The summed E-state index contributed by atoms with van der Waals surface area (Å²) in [5.41, 5.74) is -0.299. The van der Waals surface area contributed by atoms with Gasteiger partial charge in [0, 0.05) is 45.9 Å². The zero-order chi connectivity index (χ0) is 48.4. The molecular weight excluding hydrogens is 829 g/mol. The molecule has 10 heteroatoms. The van der Waals surface area contributed by atoms with Crippen molar-refractivity contribution in [1.82, 2.24) is 10.2 Å². The van der Waals surface area contributed by atoms with Gasteiger partial charge in [0.2, 0.25) is 11.8 Å². The van der Waals surface area contributed by atoms with Crippen molar-refractivity contribution in [2.45, 2.75) is 302 Å². The average molecular weight is 935 g/mol. The predicted octanol–water partition coefficient (Wildman–Crippen LogP) is 14.5. The van der Waals surface area contributed by atoms with Gasteiger partial charge in [0.1, 0.15) is 12.7 Å². The highest BCUT2D eigenvalue weighted by atomic mass is 16.5. The highest BCUT2D eigenvalue weighted by molar-refractivity contribution is 5.81. The molecule has 1 heterocycles. The molecule has 388 valence electrons. The number of nitrogens with zero attached hydrogens (tertiary/aromatic N) is 1. The number of carbonyl (C=O) groups is 4. The van der Waals surface area contributed by atoms with Gasteiger partial charge in [0.05, 0.1) is 30.7 Å². The number of methoxy groups -OCH3 is 1. The Morgan fingerprint density at radius 3 is 1.52 bits per heavy atom. The van der Waals surface area contributed by atoms with Gasteiger partial charge < -0.3 is 29.2 Å². The Bertz CT molecular complexity index is 1180. The number of carbonyl (C=O) groups excluding carboxylic acids is 4. The molecule has 0 spiro atoms. The van der Waals surface area contributed by atoms with Crippen LogP contribution in [0.1, 0.15) is 279 Å². The first-order valence-electron chi connectivity index (χ1n) is 28.1. The summed E-state index contributed by atoms with van der Waals surface area (Å²) >= 11 is 0. The van der Waals surface area contributed by atoms with Gasteiger partial charge in [-0.05, 0) is 52.9 Å². The third-order valence-corrected chi connectivity index (χ3v) is 13.7. The third kappa shape index (κ3) is 36.8. The summed E-state index contributed by atoms with van der Waals surface area (Å²) in [5, 5.41) is 2.92. The molecule has 0 aromatic rings. The van der Waals surface area contributed by atoms with E-state index in [1.807, 2.05) is 6.92 Å². The van der Waals surface area contributed by atoms with Gasteiger partial charge in [-0.1, -0.05) is 194 Å². The quantitative estimate of drug-likeness (QED) is 0.0473. The van der Waals surface area contributed by atoms with Crippen molar-refractivity contribution in [2.24, 2.45) is 0 Å². The lowest BCUT2D eigenvalue weighted by Crippen LogP contribution is -2.39. The minimum absolute atomic E-state index is 0.0272. The largest absolute Gasteiger partial charge is 0.463 e. The van der Waals surface area contributed by atoms with Crippen molar-refractivity contribution in [1.29, 1.82) is 0 Å². The monoisotopic (exact) mass is 935 g/mol. The van der Waals surface area contributed by atoms with E-state index >= 15 is 0 Å². The van der Waals surface area contributed by atoms with Crippen molar-refractivity contribution < 1.29 is 38.1 Å². The number of amides is 2. The van der Waals surface area contributed by atoms with E-state index < -0.39 is 12.1 Å². The van der Waals surface area contributed by atoms with E-state index in [9.17, 15) is 19.2 Å². The molecular formula is C56H106N2O8. The second-order valence-corrected chi connectivity index (χ2v) is 20.5. The second-order valence-electron chi connectivity index (χ2n) is 20.5. The van der Waals surface area contributed by atoms with Gasteiger partial charge in [0.15, 0.2) is 0 Å². The summed E-state index contributed by atoms with van der Waals surface area (Å²) < 4.78 is 22.9. The topological polar surface area (TPSA) is 120 Å². The number of unbranched alkanes of at least 4 members (excludes halogenated alkanes) is 28. The van der Waals surface area contributed by atoms with E-state index in [4.69, 9.17) is 18.9 Å². The molecule has 1 fully saturated rings. The summed E-state index contributed by atoms with van der Waals surface area (Å²) in [6.45, 7) is 12.2. The Morgan fingerprint density at radius 1 is 0.591 bits per heavy atom. The number of hydrogen-bond acceptors (Lipinski definition) is 8. The van der Waals surface area contributed by atoms with Gasteiger partial charge in [0.25, 0.3) is 0 Å². The molecule has 0 saturated carbocycles. The standard InChI is InChI=1S/C56H106N2O8/c1-7-9-11-13-15-17-19-21-23-25-27-29-31-33-35-38-53(60)58-47-51(66-55(62)41-40-52(59)57-44-37-43-56(4,5)65-45-42-49(3)63-6)46-50(58)48-64-54(61)39-36-34-32-30-28-26-24-22-20-18-16-14-12-10-8-2/h49-51H,7-48H2,1-6H3,(H,57,59)/t49?,50-,51+/m0/s1. The maximum absolute atomic E-state index is 13.6. The number of nitrogens with one attached hydrogen (secondary N) is 1. The van der Waals surface area contributed by atoms with Gasteiger partial charge in [-0.25, -0.2) is 0 Å². The molecule has 0 aromatic heterocycles. The maximum atomic E-state index is 13.6. The molecule has 1 unspecified atom stereocenters. The third-order valence-electron chi connectivity index (χ3n) is 13.7. The van der Waals surface area contributed by atoms with Crippen LogP contribution in [0.5, 0.6) is 0 Å². The fourth-order valence-electron chi connectivity index (χ4n) is 9.10. The molecule has 10 nitrogen and oxygen atoms in total.